The molecular formula is C34H47NO9. The molecule has 3 rings (SSSR count). The van der Waals surface area contributed by atoms with Crippen molar-refractivity contribution >= 4 is 12.1 Å². The number of hydrogen-bond donors (Lipinski definition) is 0. The van der Waals surface area contributed by atoms with Gasteiger partial charge in [0.1, 0.15) is 0 Å². The van der Waals surface area contributed by atoms with Crippen LogP contribution in [0.5, 0.6) is 23.0 Å². The van der Waals surface area contributed by atoms with Crippen molar-refractivity contribution in [1.29, 1.82) is 0 Å². The Kier molecular flexibility index (Phi) is 13.2. The molecule has 1 unspecified atom stereocenters. The molecule has 0 heterocycles. The van der Waals surface area contributed by atoms with Gasteiger partial charge < -0.3 is 33.3 Å². The summed E-state index contributed by atoms with van der Waals surface area (Å²) in [6.45, 7) is 3.71. The molecule has 2 atom stereocenters. The minimum absolute atomic E-state index is 0.157. The van der Waals surface area contributed by atoms with E-state index < -0.39 is 24.4 Å². The Hall–Kier alpha value is -3.95. The van der Waals surface area contributed by atoms with Crippen molar-refractivity contribution in [2.75, 3.05) is 35.5 Å². The van der Waals surface area contributed by atoms with Crippen molar-refractivity contribution in [2.45, 2.75) is 90.4 Å². The minimum atomic E-state index is -1.07. The summed E-state index contributed by atoms with van der Waals surface area (Å²) in [6.07, 6.45) is 7.14. The molecule has 0 aromatic heterocycles. The predicted molar refractivity (Wildman–Crippen MR) is 168 cm³/mol. The molecule has 1 aliphatic carbocycles. The first-order chi connectivity index (χ1) is 21.2. The highest BCUT2D eigenvalue weighted by molar-refractivity contribution is 5.83. The summed E-state index contributed by atoms with van der Waals surface area (Å²) in [5.74, 6) is 1.13. The van der Waals surface area contributed by atoms with Gasteiger partial charge in [-0.2, -0.15) is 0 Å². The second-order valence-electron chi connectivity index (χ2n) is 10.9. The van der Waals surface area contributed by atoms with Crippen molar-refractivity contribution in [3.63, 3.8) is 0 Å². The predicted octanol–water partition coefficient (Wildman–Crippen LogP) is 6.83. The van der Waals surface area contributed by atoms with E-state index in [0.29, 0.717) is 41.2 Å². The number of carbonyl (C=O) groups is 2. The summed E-state index contributed by atoms with van der Waals surface area (Å²) in [5.41, 5.74) is 2.56. The maximum atomic E-state index is 13.4. The summed E-state index contributed by atoms with van der Waals surface area (Å²) in [7, 11) is 7.66. The van der Waals surface area contributed by atoms with Crippen LogP contribution in [0, 0.1) is 0 Å². The van der Waals surface area contributed by atoms with E-state index in [2.05, 4.69) is 6.92 Å². The van der Waals surface area contributed by atoms with Crippen LogP contribution in [0.15, 0.2) is 29.1 Å². The van der Waals surface area contributed by atoms with Crippen molar-refractivity contribution in [2.24, 2.45) is 0 Å². The fourth-order valence-electron chi connectivity index (χ4n) is 5.70. The summed E-state index contributed by atoms with van der Waals surface area (Å²) >= 11 is 0. The van der Waals surface area contributed by atoms with Crippen LogP contribution in [0.2, 0.25) is 0 Å². The third kappa shape index (κ3) is 8.36. The standard InChI is InChI=1S/C34H47NO9/c1-8-9-10-11-12-13-14-15-30(37)43-22(2)44-34(38)35(3)26-18-16-23-20-29(40-5)32(41-6)33(42-7)31(23)24-17-19-28(39-4)27(36)21-25(24)26/h17,19-22,26H,8-16,18H2,1-7H3/t22?,26-/m0/s1. The van der Waals surface area contributed by atoms with Gasteiger partial charge in [-0.1, -0.05) is 51.5 Å². The zero-order chi connectivity index (χ0) is 32.2. The number of esters is 1. The van der Waals surface area contributed by atoms with Gasteiger partial charge in [-0.05, 0) is 54.2 Å². The lowest BCUT2D eigenvalue weighted by atomic mass is 9.95. The number of amides is 1. The molecule has 10 nitrogen and oxygen atoms in total. The number of fused-ring (bicyclic) bond motifs is 3. The Balaban J connectivity index is 1.84. The Morgan fingerprint density at radius 3 is 2.16 bits per heavy atom. The monoisotopic (exact) mass is 613 g/mol. The van der Waals surface area contributed by atoms with Crippen LogP contribution in [-0.4, -0.2) is 58.7 Å². The SMILES string of the molecule is CCCCCCCCCC(=O)OC(C)OC(=O)N(C)[C@H]1CCc2cc(OC)c(OC)c(OC)c2-c2ccc(OC)c(=O)cc21. The fourth-order valence-corrected chi connectivity index (χ4v) is 5.70. The minimum Gasteiger partial charge on any atom is -0.493 e. The Bertz CT molecular complexity index is 1340. The van der Waals surface area contributed by atoms with Gasteiger partial charge in [0.15, 0.2) is 17.2 Å². The maximum Gasteiger partial charge on any atom is 0.413 e. The molecule has 0 N–H and O–H groups in total. The third-order valence-electron chi connectivity index (χ3n) is 7.99. The molecule has 0 spiro atoms. The molecule has 2 aromatic rings. The highest BCUT2D eigenvalue weighted by Crippen LogP contribution is 2.50. The van der Waals surface area contributed by atoms with Crippen LogP contribution in [0.4, 0.5) is 4.79 Å². The van der Waals surface area contributed by atoms with E-state index in [1.807, 2.05) is 6.07 Å². The van der Waals surface area contributed by atoms with Crippen LogP contribution >= 0.6 is 0 Å². The van der Waals surface area contributed by atoms with Crippen molar-refractivity contribution < 1.29 is 38.0 Å². The zero-order valence-corrected chi connectivity index (χ0v) is 27.2. The second-order valence-corrected chi connectivity index (χ2v) is 10.9. The lowest BCUT2D eigenvalue weighted by Crippen LogP contribution is -2.35. The van der Waals surface area contributed by atoms with Crippen LogP contribution in [0.1, 0.15) is 88.8 Å². The number of methoxy groups -OCH3 is 4. The number of rotatable bonds is 15. The van der Waals surface area contributed by atoms with Gasteiger partial charge >= 0.3 is 12.1 Å². The number of unbranched alkanes of at least 4 members (excludes halogenated alkanes) is 6. The fraction of sp³-hybridized carbons (Fsp3) is 0.559. The molecule has 10 heteroatoms. The van der Waals surface area contributed by atoms with E-state index in [9.17, 15) is 14.4 Å². The van der Waals surface area contributed by atoms with Gasteiger partial charge in [-0.3, -0.25) is 9.59 Å². The largest absolute Gasteiger partial charge is 0.493 e. The molecule has 2 aromatic carbocycles. The molecule has 0 bridgehead atoms. The van der Waals surface area contributed by atoms with Crippen molar-refractivity contribution in [3.05, 3.63) is 45.6 Å². The number of benzene rings is 1. The van der Waals surface area contributed by atoms with Gasteiger partial charge in [-0.15, -0.1) is 0 Å². The molecule has 242 valence electrons. The van der Waals surface area contributed by atoms with E-state index >= 15 is 0 Å². The van der Waals surface area contributed by atoms with Crippen LogP contribution in [-0.2, 0) is 20.7 Å². The Morgan fingerprint density at radius 2 is 1.52 bits per heavy atom. The first kappa shape index (κ1) is 34.5. The average molecular weight is 614 g/mol. The van der Waals surface area contributed by atoms with Gasteiger partial charge in [0.05, 0.1) is 34.5 Å². The van der Waals surface area contributed by atoms with Gasteiger partial charge in [0.25, 0.3) is 0 Å². The maximum absolute atomic E-state index is 13.4. The number of ether oxygens (including phenoxy) is 6. The second kappa shape index (κ2) is 16.8. The summed E-state index contributed by atoms with van der Waals surface area (Å²) < 4.78 is 33.3. The summed E-state index contributed by atoms with van der Waals surface area (Å²) in [5, 5.41) is 0. The van der Waals surface area contributed by atoms with Crippen molar-refractivity contribution in [1.82, 2.24) is 4.90 Å². The lowest BCUT2D eigenvalue weighted by Gasteiger charge is -2.28. The van der Waals surface area contributed by atoms with E-state index in [1.54, 1.807) is 33.4 Å². The topological polar surface area (TPSA) is 110 Å². The molecule has 0 saturated heterocycles. The summed E-state index contributed by atoms with van der Waals surface area (Å²) in [6, 6.07) is 6.20. The molecule has 0 aliphatic heterocycles. The molecule has 1 aliphatic rings. The van der Waals surface area contributed by atoms with E-state index in [-0.39, 0.29) is 17.6 Å². The Labute approximate surface area is 260 Å². The first-order valence-corrected chi connectivity index (χ1v) is 15.4. The molecule has 44 heavy (non-hydrogen) atoms. The van der Waals surface area contributed by atoms with Gasteiger partial charge in [0.2, 0.25) is 17.5 Å². The number of carbonyl (C=O) groups excluding carboxylic acids is 2. The Morgan fingerprint density at radius 1 is 0.864 bits per heavy atom. The van der Waals surface area contributed by atoms with E-state index in [0.717, 1.165) is 30.4 Å². The highest BCUT2D eigenvalue weighted by Gasteiger charge is 2.33. The first-order valence-electron chi connectivity index (χ1n) is 15.4. The van der Waals surface area contributed by atoms with Gasteiger partial charge in [0, 0.05) is 26.0 Å². The van der Waals surface area contributed by atoms with Crippen molar-refractivity contribution in [3.8, 4) is 34.1 Å². The quantitative estimate of drug-likeness (QED) is 0.121. The zero-order valence-electron chi connectivity index (χ0n) is 27.2. The molecular weight excluding hydrogens is 566 g/mol. The average Bonchev–Trinajstić information content (AvgIpc) is 3.26. The highest BCUT2D eigenvalue weighted by atomic mass is 16.7. The van der Waals surface area contributed by atoms with Crippen LogP contribution in [0.3, 0.4) is 0 Å². The summed E-state index contributed by atoms with van der Waals surface area (Å²) in [4.78, 5) is 40.3. The molecule has 1 amide bonds. The number of nitrogens with zero attached hydrogens (tertiary/aromatic N) is 1. The van der Waals surface area contributed by atoms with Crippen LogP contribution in [0.25, 0.3) is 11.1 Å². The molecule has 0 radical (unpaired) electrons. The third-order valence-corrected chi connectivity index (χ3v) is 7.99. The molecule has 0 saturated carbocycles. The number of hydrogen-bond acceptors (Lipinski definition) is 9. The smallest absolute Gasteiger partial charge is 0.413 e. The van der Waals surface area contributed by atoms with E-state index in [4.69, 9.17) is 28.4 Å². The lowest BCUT2D eigenvalue weighted by molar-refractivity contribution is -0.166. The van der Waals surface area contributed by atoms with Gasteiger partial charge in [-0.25, -0.2) is 4.79 Å². The normalized spacial score (nSPS) is 14.3. The number of aryl methyl sites for hydroxylation is 1. The molecule has 0 fully saturated rings. The van der Waals surface area contributed by atoms with E-state index in [1.165, 1.54) is 57.8 Å². The van der Waals surface area contributed by atoms with Crippen LogP contribution < -0.4 is 24.4 Å².